The fourth-order valence-electron chi connectivity index (χ4n) is 2.17. The minimum absolute atomic E-state index is 0.0793. The van der Waals surface area contributed by atoms with Crippen LogP contribution >= 0.6 is 15.9 Å². The summed E-state index contributed by atoms with van der Waals surface area (Å²) in [6.45, 7) is 0.597. The summed E-state index contributed by atoms with van der Waals surface area (Å²) in [7, 11) is 1.27. The van der Waals surface area contributed by atoms with Crippen LogP contribution in [0, 0.1) is 5.92 Å². The van der Waals surface area contributed by atoms with Crippen LogP contribution in [0.25, 0.3) is 10.4 Å². The lowest BCUT2D eigenvalue weighted by Crippen LogP contribution is -2.28. The Labute approximate surface area is 128 Å². The van der Waals surface area contributed by atoms with Gasteiger partial charge in [0.25, 0.3) is 0 Å². The molecule has 110 valence electrons. The Kier molecular flexibility index (Phi) is 4.77. The van der Waals surface area contributed by atoms with Gasteiger partial charge in [-0.15, -0.1) is 0 Å². The number of azide groups is 1. The lowest BCUT2D eigenvalue weighted by Gasteiger charge is -2.18. The van der Waals surface area contributed by atoms with Gasteiger partial charge >= 0.3 is 5.97 Å². The molecule has 21 heavy (non-hydrogen) atoms. The van der Waals surface area contributed by atoms with E-state index in [1.54, 1.807) is 6.07 Å². The molecule has 1 aromatic heterocycles. The monoisotopic (exact) mass is 353 g/mol. The SMILES string of the molecule is COC(=O)c1cc(Br)cnc1N1CC(CN=[N+]=[N-])CC1=O. The number of carbonyl (C=O) groups excluding carboxylic acids is 2. The molecule has 0 N–H and O–H groups in total. The molecule has 0 radical (unpaired) electrons. The number of rotatable bonds is 4. The molecule has 1 unspecified atom stereocenters. The topological polar surface area (TPSA) is 108 Å². The fraction of sp³-hybridized carbons (Fsp3) is 0.417. The number of halogens is 1. The van der Waals surface area contributed by atoms with E-state index >= 15 is 0 Å². The smallest absolute Gasteiger partial charge is 0.341 e. The van der Waals surface area contributed by atoms with Crippen LogP contribution < -0.4 is 4.90 Å². The van der Waals surface area contributed by atoms with Gasteiger partial charge in [0.1, 0.15) is 11.4 Å². The van der Waals surface area contributed by atoms with Crippen LogP contribution in [0.4, 0.5) is 5.82 Å². The molecule has 0 saturated carbocycles. The number of pyridine rings is 1. The predicted octanol–water partition coefficient (Wildman–Crippen LogP) is 2.29. The Morgan fingerprint density at radius 1 is 1.71 bits per heavy atom. The van der Waals surface area contributed by atoms with Crippen LogP contribution in [0.5, 0.6) is 0 Å². The summed E-state index contributed by atoms with van der Waals surface area (Å²) < 4.78 is 5.33. The molecule has 0 aliphatic carbocycles. The highest BCUT2D eigenvalue weighted by Crippen LogP contribution is 2.28. The largest absolute Gasteiger partial charge is 0.465 e. The van der Waals surface area contributed by atoms with Gasteiger partial charge in [0.05, 0.1) is 7.11 Å². The van der Waals surface area contributed by atoms with Crippen molar-refractivity contribution >= 4 is 33.6 Å². The van der Waals surface area contributed by atoms with Crippen molar-refractivity contribution in [3.63, 3.8) is 0 Å². The molecule has 0 spiro atoms. The third kappa shape index (κ3) is 3.32. The first-order chi connectivity index (χ1) is 10.1. The third-order valence-corrected chi connectivity index (χ3v) is 3.54. The van der Waals surface area contributed by atoms with Gasteiger partial charge < -0.3 is 4.74 Å². The van der Waals surface area contributed by atoms with Crippen LogP contribution in [-0.2, 0) is 9.53 Å². The molecular formula is C12H12BrN5O3. The van der Waals surface area contributed by atoms with E-state index in [4.69, 9.17) is 10.3 Å². The normalized spacial score (nSPS) is 17.5. The Balaban J connectivity index is 2.31. The fourth-order valence-corrected chi connectivity index (χ4v) is 2.50. The summed E-state index contributed by atoms with van der Waals surface area (Å²) in [5.41, 5.74) is 8.55. The number of anilines is 1. The van der Waals surface area contributed by atoms with Crippen molar-refractivity contribution in [3.05, 3.63) is 32.7 Å². The summed E-state index contributed by atoms with van der Waals surface area (Å²) in [5.74, 6) is -0.541. The number of hydrogen-bond acceptors (Lipinski definition) is 5. The van der Waals surface area contributed by atoms with E-state index in [-0.39, 0.29) is 36.2 Å². The number of carbonyl (C=O) groups is 2. The van der Waals surface area contributed by atoms with Crippen molar-refractivity contribution in [2.45, 2.75) is 6.42 Å². The van der Waals surface area contributed by atoms with Gasteiger partial charge in [-0.05, 0) is 33.4 Å². The first kappa shape index (κ1) is 15.3. The lowest BCUT2D eigenvalue weighted by atomic mass is 10.1. The van der Waals surface area contributed by atoms with Crippen molar-refractivity contribution in [2.75, 3.05) is 25.1 Å². The van der Waals surface area contributed by atoms with E-state index < -0.39 is 5.97 Å². The van der Waals surface area contributed by atoms with Gasteiger partial charge in [-0.3, -0.25) is 9.69 Å². The molecule has 0 bridgehead atoms. The number of methoxy groups -OCH3 is 1. The maximum atomic E-state index is 12.1. The zero-order valence-electron chi connectivity index (χ0n) is 11.2. The van der Waals surface area contributed by atoms with E-state index in [0.717, 1.165) is 0 Å². The molecule has 0 aromatic carbocycles. The number of ether oxygens (including phenoxy) is 1. The van der Waals surface area contributed by atoms with Crippen LogP contribution in [0.1, 0.15) is 16.8 Å². The van der Waals surface area contributed by atoms with Crippen molar-refractivity contribution in [1.82, 2.24) is 4.98 Å². The molecule has 2 rings (SSSR count). The average Bonchev–Trinajstić information content (AvgIpc) is 2.85. The van der Waals surface area contributed by atoms with Crippen molar-refractivity contribution in [1.29, 1.82) is 0 Å². The van der Waals surface area contributed by atoms with Crippen LogP contribution in [0.15, 0.2) is 21.9 Å². The Bertz CT molecular complexity index is 629. The summed E-state index contributed by atoms with van der Waals surface area (Å²) in [6.07, 6.45) is 1.77. The molecule has 1 aliphatic rings. The minimum Gasteiger partial charge on any atom is -0.465 e. The highest BCUT2D eigenvalue weighted by Gasteiger charge is 2.33. The molecule has 1 amide bonds. The van der Waals surface area contributed by atoms with Crippen LogP contribution in [0.2, 0.25) is 0 Å². The minimum atomic E-state index is -0.565. The van der Waals surface area contributed by atoms with Gasteiger partial charge in [-0.2, -0.15) is 0 Å². The maximum absolute atomic E-state index is 12.1. The number of amides is 1. The lowest BCUT2D eigenvalue weighted by molar-refractivity contribution is -0.117. The second-order valence-electron chi connectivity index (χ2n) is 4.50. The molecule has 1 atom stereocenters. The van der Waals surface area contributed by atoms with Gasteiger partial charge in [0.15, 0.2) is 0 Å². The average molecular weight is 354 g/mol. The molecule has 1 aromatic rings. The van der Waals surface area contributed by atoms with E-state index in [1.165, 1.54) is 18.2 Å². The van der Waals surface area contributed by atoms with Crippen LogP contribution in [-0.4, -0.2) is 37.1 Å². The molecule has 8 nitrogen and oxygen atoms in total. The number of hydrogen-bond donors (Lipinski definition) is 0. The molecule has 1 fully saturated rings. The van der Waals surface area contributed by atoms with Gasteiger partial charge in [0.2, 0.25) is 5.91 Å². The van der Waals surface area contributed by atoms with Gasteiger partial charge in [-0.25, -0.2) is 9.78 Å². The molecular weight excluding hydrogens is 342 g/mol. The molecule has 9 heteroatoms. The standard InChI is InChI=1S/C12H12BrN5O3/c1-21-12(20)9-3-8(13)5-15-11(9)18-6-7(2-10(18)19)4-16-17-14/h3,5,7H,2,4,6H2,1H3. The number of nitrogens with zero attached hydrogens (tertiary/aromatic N) is 5. The van der Waals surface area contributed by atoms with E-state index in [2.05, 4.69) is 30.9 Å². The Morgan fingerprint density at radius 3 is 3.14 bits per heavy atom. The Morgan fingerprint density at radius 2 is 2.48 bits per heavy atom. The first-order valence-corrected chi connectivity index (χ1v) is 6.91. The summed E-state index contributed by atoms with van der Waals surface area (Å²) >= 11 is 3.23. The Hall–Kier alpha value is -2.12. The third-order valence-electron chi connectivity index (χ3n) is 3.10. The van der Waals surface area contributed by atoms with Crippen molar-refractivity contribution in [3.8, 4) is 0 Å². The predicted molar refractivity (Wildman–Crippen MR) is 77.7 cm³/mol. The zero-order chi connectivity index (χ0) is 15.4. The summed E-state index contributed by atoms with van der Waals surface area (Å²) in [5, 5.41) is 3.49. The molecule has 1 aliphatic heterocycles. The number of aromatic nitrogens is 1. The highest BCUT2D eigenvalue weighted by atomic mass is 79.9. The number of esters is 1. The second kappa shape index (κ2) is 6.55. The van der Waals surface area contributed by atoms with Gasteiger partial charge in [-0.1, -0.05) is 5.11 Å². The van der Waals surface area contributed by atoms with Crippen LogP contribution in [0.3, 0.4) is 0 Å². The quantitative estimate of drug-likeness (QED) is 0.358. The molecule has 2 heterocycles. The van der Waals surface area contributed by atoms with E-state index in [1.807, 2.05) is 0 Å². The zero-order valence-corrected chi connectivity index (χ0v) is 12.8. The van der Waals surface area contributed by atoms with E-state index in [9.17, 15) is 9.59 Å². The first-order valence-electron chi connectivity index (χ1n) is 6.12. The molecule has 1 saturated heterocycles. The summed E-state index contributed by atoms with van der Waals surface area (Å²) in [4.78, 5) is 32.2. The van der Waals surface area contributed by atoms with Crippen molar-refractivity contribution in [2.24, 2.45) is 11.0 Å². The second-order valence-corrected chi connectivity index (χ2v) is 5.42. The maximum Gasteiger partial charge on any atom is 0.341 e. The summed E-state index contributed by atoms with van der Waals surface area (Å²) in [6, 6.07) is 1.56. The van der Waals surface area contributed by atoms with Gasteiger partial charge in [0, 0.05) is 35.1 Å². The highest BCUT2D eigenvalue weighted by molar-refractivity contribution is 9.10. The van der Waals surface area contributed by atoms with E-state index in [0.29, 0.717) is 11.0 Å². The van der Waals surface area contributed by atoms with Crippen molar-refractivity contribution < 1.29 is 14.3 Å².